The van der Waals surface area contributed by atoms with Crippen LogP contribution >= 0.6 is 12.2 Å². The van der Waals surface area contributed by atoms with Gasteiger partial charge < -0.3 is 14.6 Å². The molecule has 3 N–H and O–H groups in total. The molecule has 8 nitrogen and oxygen atoms in total. The van der Waals surface area contributed by atoms with E-state index in [1.807, 2.05) is 0 Å². The van der Waals surface area contributed by atoms with Crippen LogP contribution < -0.4 is 16.2 Å². The van der Waals surface area contributed by atoms with Crippen molar-refractivity contribution in [2.45, 2.75) is 25.8 Å². The largest absolute Gasteiger partial charge is 0.467 e. The summed E-state index contributed by atoms with van der Waals surface area (Å²) < 4.78 is 5.22. The first-order chi connectivity index (χ1) is 11.5. The van der Waals surface area contributed by atoms with Gasteiger partial charge in [0.1, 0.15) is 5.76 Å². The van der Waals surface area contributed by atoms with Gasteiger partial charge in [-0.2, -0.15) is 0 Å². The highest BCUT2D eigenvalue weighted by atomic mass is 32.1. The normalized spacial score (nSPS) is 19.9. The maximum Gasteiger partial charge on any atom is 0.243 e. The van der Waals surface area contributed by atoms with Crippen LogP contribution in [0.3, 0.4) is 0 Å². The molecule has 2 fully saturated rings. The van der Waals surface area contributed by atoms with E-state index in [4.69, 9.17) is 16.6 Å². The van der Waals surface area contributed by atoms with Gasteiger partial charge in [0.2, 0.25) is 17.7 Å². The number of hydrogen-bond acceptors (Lipinski definition) is 5. The van der Waals surface area contributed by atoms with Crippen molar-refractivity contribution in [3.8, 4) is 0 Å². The second kappa shape index (κ2) is 7.00. The van der Waals surface area contributed by atoms with Crippen LogP contribution in [0.4, 0.5) is 0 Å². The van der Waals surface area contributed by atoms with Gasteiger partial charge >= 0.3 is 0 Å². The first kappa shape index (κ1) is 16.4. The Balaban J connectivity index is 1.42. The van der Waals surface area contributed by atoms with Crippen LogP contribution in [0.15, 0.2) is 22.8 Å². The predicted molar refractivity (Wildman–Crippen MR) is 87.0 cm³/mol. The van der Waals surface area contributed by atoms with E-state index < -0.39 is 5.92 Å². The summed E-state index contributed by atoms with van der Waals surface area (Å²) in [5.74, 6) is -0.344. The highest BCUT2D eigenvalue weighted by molar-refractivity contribution is 7.80. The zero-order valence-electron chi connectivity index (χ0n) is 12.9. The third-order valence-corrected chi connectivity index (χ3v) is 4.20. The van der Waals surface area contributed by atoms with Gasteiger partial charge in [0.25, 0.3) is 0 Å². The summed E-state index contributed by atoms with van der Waals surface area (Å²) in [4.78, 5) is 37.2. The van der Waals surface area contributed by atoms with Crippen LogP contribution in [-0.2, 0) is 20.9 Å². The maximum atomic E-state index is 12.1. The molecular formula is C15H18N4O4S. The van der Waals surface area contributed by atoms with Crippen LogP contribution in [0.1, 0.15) is 25.0 Å². The summed E-state index contributed by atoms with van der Waals surface area (Å²) in [6, 6.07) is 3.53. The van der Waals surface area contributed by atoms with Crippen LogP contribution in [0.2, 0.25) is 0 Å². The fourth-order valence-electron chi connectivity index (χ4n) is 2.50. The monoisotopic (exact) mass is 350 g/mol. The molecule has 0 spiro atoms. The molecule has 3 amide bonds. The van der Waals surface area contributed by atoms with E-state index in [0.717, 1.165) is 12.8 Å². The second-order valence-electron chi connectivity index (χ2n) is 5.96. The lowest BCUT2D eigenvalue weighted by atomic mass is 10.1. The van der Waals surface area contributed by atoms with E-state index in [1.54, 1.807) is 23.3 Å². The van der Waals surface area contributed by atoms with Crippen molar-refractivity contribution in [1.29, 1.82) is 0 Å². The summed E-state index contributed by atoms with van der Waals surface area (Å²) in [5.41, 5.74) is 4.94. The fourth-order valence-corrected chi connectivity index (χ4v) is 2.65. The van der Waals surface area contributed by atoms with E-state index >= 15 is 0 Å². The lowest BCUT2D eigenvalue weighted by Crippen LogP contribution is -2.50. The van der Waals surface area contributed by atoms with E-state index in [-0.39, 0.29) is 35.2 Å². The first-order valence-electron chi connectivity index (χ1n) is 7.74. The number of nitrogens with zero attached hydrogens (tertiary/aromatic N) is 1. The standard InChI is InChI=1S/C15H18N4O4S/c20-12-6-10(7-19(12)8-11-2-1-5-23-11)14(22)17-18-15(24)16-13(21)9-3-4-9/h1-2,5,9-10H,3-4,6-8H2,(H,17,22)(H2,16,18,21,24). The fraction of sp³-hybridized carbons (Fsp3) is 0.467. The Morgan fingerprint density at radius 1 is 1.25 bits per heavy atom. The quantitative estimate of drug-likeness (QED) is 0.524. The zero-order chi connectivity index (χ0) is 17.1. The average Bonchev–Trinajstić information content (AvgIpc) is 3.17. The smallest absolute Gasteiger partial charge is 0.243 e. The van der Waals surface area contributed by atoms with Gasteiger partial charge in [-0.05, 0) is 37.2 Å². The molecule has 0 radical (unpaired) electrons. The van der Waals surface area contributed by atoms with E-state index in [2.05, 4.69) is 16.2 Å². The van der Waals surface area contributed by atoms with Crippen molar-refractivity contribution in [1.82, 2.24) is 21.1 Å². The lowest BCUT2D eigenvalue weighted by Gasteiger charge is -2.15. The number of nitrogens with one attached hydrogen (secondary N) is 3. The zero-order valence-corrected chi connectivity index (χ0v) is 13.7. The van der Waals surface area contributed by atoms with Gasteiger partial charge in [-0.15, -0.1) is 0 Å². The SMILES string of the molecule is O=C(NNC(=S)NC(=O)C1CC1)C1CC(=O)N(Cc2ccco2)C1. The highest BCUT2D eigenvalue weighted by Gasteiger charge is 2.35. The highest BCUT2D eigenvalue weighted by Crippen LogP contribution is 2.28. The van der Waals surface area contributed by atoms with Crippen molar-refractivity contribution < 1.29 is 18.8 Å². The Morgan fingerprint density at radius 3 is 2.71 bits per heavy atom. The molecule has 1 aromatic rings. The van der Waals surface area contributed by atoms with Gasteiger partial charge in [0, 0.05) is 18.9 Å². The Bertz CT molecular complexity index is 656. The van der Waals surface area contributed by atoms with E-state index in [9.17, 15) is 14.4 Å². The summed E-state index contributed by atoms with van der Waals surface area (Å²) in [7, 11) is 0. The minimum Gasteiger partial charge on any atom is -0.467 e. The summed E-state index contributed by atoms with van der Waals surface area (Å²) >= 11 is 4.95. The molecule has 1 atom stereocenters. The molecule has 1 unspecified atom stereocenters. The number of carbonyl (C=O) groups excluding carboxylic acids is 3. The molecule has 2 aliphatic rings. The van der Waals surface area contributed by atoms with E-state index in [1.165, 1.54) is 0 Å². The van der Waals surface area contributed by atoms with Crippen LogP contribution in [-0.4, -0.2) is 34.3 Å². The lowest BCUT2D eigenvalue weighted by molar-refractivity contribution is -0.129. The first-order valence-corrected chi connectivity index (χ1v) is 8.14. The van der Waals surface area contributed by atoms with Gasteiger partial charge in [-0.25, -0.2) is 0 Å². The molecule has 24 heavy (non-hydrogen) atoms. The molecule has 1 aliphatic carbocycles. The molecule has 0 aromatic carbocycles. The number of thiocarbonyl (C=S) groups is 1. The number of carbonyl (C=O) groups is 3. The molecule has 2 heterocycles. The summed E-state index contributed by atoms with van der Waals surface area (Å²) in [5, 5.41) is 2.56. The Morgan fingerprint density at radius 2 is 2.04 bits per heavy atom. The number of hydrazine groups is 1. The topological polar surface area (TPSA) is 104 Å². The maximum absolute atomic E-state index is 12.1. The van der Waals surface area contributed by atoms with Crippen LogP contribution in [0.25, 0.3) is 0 Å². The van der Waals surface area contributed by atoms with Crippen molar-refractivity contribution in [2.75, 3.05) is 6.54 Å². The van der Waals surface area contributed by atoms with E-state index in [0.29, 0.717) is 18.8 Å². The molecule has 9 heteroatoms. The number of rotatable bonds is 4. The summed E-state index contributed by atoms with van der Waals surface area (Å²) in [6.45, 7) is 0.660. The van der Waals surface area contributed by atoms with Crippen molar-refractivity contribution >= 4 is 35.1 Å². The predicted octanol–water partition coefficient (Wildman–Crippen LogP) is 0.0600. The minimum absolute atomic E-state index is 0.0306. The molecular weight excluding hydrogens is 332 g/mol. The third kappa shape index (κ3) is 4.10. The van der Waals surface area contributed by atoms with Gasteiger partial charge in [0.15, 0.2) is 5.11 Å². The molecule has 1 saturated carbocycles. The number of hydrogen-bond donors (Lipinski definition) is 3. The average molecular weight is 350 g/mol. The molecule has 1 saturated heterocycles. The number of amides is 3. The number of likely N-dealkylation sites (tertiary alicyclic amines) is 1. The molecule has 1 aromatic heterocycles. The molecule has 1 aliphatic heterocycles. The molecule has 0 bridgehead atoms. The summed E-state index contributed by atoms with van der Waals surface area (Å²) in [6.07, 6.45) is 3.42. The minimum atomic E-state index is -0.470. The molecule has 3 rings (SSSR count). The van der Waals surface area contributed by atoms with Crippen molar-refractivity contribution in [3.63, 3.8) is 0 Å². The van der Waals surface area contributed by atoms with Gasteiger partial charge in [-0.3, -0.25) is 25.2 Å². The third-order valence-electron chi connectivity index (χ3n) is 4.00. The second-order valence-corrected chi connectivity index (χ2v) is 6.37. The van der Waals surface area contributed by atoms with Crippen LogP contribution in [0, 0.1) is 11.8 Å². The van der Waals surface area contributed by atoms with Crippen molar-refractivity contribution in [3.05, 3.63) is 24.2 Å². The molecule has 128 valence electrons. The Labute approximate surface area is 143 Å². The number of furan rings is 1. The Hall–Kier alpha value is -2.42. The van der Waals surface area contributed by atoms with Gasteiger partial charge in [-0.1, -0.05) is 0 Å². The van der Waals surface area contributed by atoms with Crippen LogP contribution in [0.5, 0.6) is 0 Å². The van der Waals surface area contributed by atoms with Gasteiger partial charge in [0.05, 0.1) is 18.7 Å². The van der Waals surface area contributed by atoms with Crippen molar-refractivity contribution in [2.24, 2.45) is 11.8 Å². The Kier molecular flexibility index (Phi) is 4.79.